The molecule has 1 unspecified atom stereocenters. The SMILES string of the molecule is C=C(Cl)C(CCl)OCC. The van der Waals surface area contributed by atoms with Crippen molar-refractivity contribution in [2.75, 3.05) is 12.5 Å². The Kier molecular flexibility index (Phi) is 5.25. The van der Waals surface area contributed by atoms with Crippen LogP contribution in [-0.2, 0) is 4.74 Å². The van der Waals surface area contributed by atoms with E-state index < -0.39 is 0 Å². The molecular formula is C6H10Cl2O. The summed E-state index contributed by atoms with van der Waals surface area (Å²) in [5.41, 5.74) is 0. The Morgan fingerprint density at radius 3 is 2.44 bits per heavy atom. The van der Waals surface area contributed by atoms with Crippen molar-refractivity contribution in [3.05, 3.63) is 11.6 Å². The number of alkyl halides is 1. The van der Waals surface area contributed by atoms with Crippen molar-refractivity contribution in [1.29, 1.82) is 0 Å². The van der Waals surface area contributed by atoms with E-state index in [1.54, 1.807) is 0 Å². The summed E-state index contributed by atoms with van der Waals surface area (Å²) >= 11 is 11.0. The average Bonchev–Trinajstić information content (AvgIpc) is 1.82. The lowest BCUT2D eigenvalue weighted by molar-refractivity contribution is 0.109. The molecule has 0 radical (unpaired) electrons. The number of rotatable bonds is 4. The monoisotopic (exact) mass is 168 g/mol. The van der Waals surface area contributed by atoms with E-state index in [1.165, 1.54) is 0 Å². The van der Waals surface area contributed by atoms with Gasteiger partial charge in [-0.1, -0.05) is 18.2 Å². The number of ether oxygens (including phenoxy) is 1. The van der Waals surface area contributed by atoms with Gasteiger partial charge in [-0.25, -0.2) is 0 Å². The van der Waals surface area contributed by atoms with Gasteiger partial charge in [0.1, 0.15) is 6.10 Å². The summed E-state index contributed by atoms with van der Waals surface area (Å²) in [6, 6.07) is 0. The van der Waals surface area contributed by atoms with E-state index in [2.05, 4.69) is 6.58 Å². The second-order valence-corrected chi connectivity index (χ2v) is 2.34. The molecule has 0 saturated carbocycles. The van der Waals surface area contributed by atoms with Crippen LogP contribution in [0.3, 0.4) is 0 Å². The van der Waals surface area contributed by atoms with Crippen LogP contribution in [0.1, 0.15) is 6.92 Å². The lowest BCUT2D eigenvalue weighted by atomic mass is 10.4. The molecule has 0 aliphatic rings. The quantitative estimate of drug-likeness (QED) is 0.587. The molecule has 0 saturated heterocycles. The van der Waals surface area contributed by atoms with Gasteiger partial charge < -0.3 is 4.74 Å². The van der Waals surface area contributed by atoms with Crippen molar-refractivity contribution < 1.29 is 4.74 Å². The maximum Gasteiger partial charge on any atom is 0.106 e. The van der Waals surface area contributed by atoms with Gasteiger partial charge in [0.2, 0.25) is 0 Å². The summed E-state index contributed by atoms with van der Waals surface area (Å²) in [4.78, 5) is 0. The Hall–Kier alpha value is 0.280. The highest BCUT2D eigenvalue weighted by atomic mass is 35.5. The molecule has 0 fully saturated rings. The fourth-order valence-corrected chi connectivity index (χ4v) is 0.914. The standard InChI is InChI=1S/C6H10Cl2O/c1-3-9-6(4-7)5(2)8/h6H,2-4H2,1H3. The number of halogens is 2. The second-order valence-electron chi connectivity index (χ2n) is 1.55. The van der Waals surface area contributed by atoms with Crippen LogP contribution in [0.5, 0.6) is 0 Å². The smallest absolute Gasteiger partial charge is 0.106 e. The molecule has 1 atom stereocenters. The van der Waals surface area contributed by atoms with Gasteiger partial charge in [-0.15, -0.1) is 11.6 Å². The Morgan fingerprint density at radius 1 is 1.78 bits per heavy atom. The highest BCUT2D eigenvalue weighted by Crippen LogP contribution is 2.10. The van der Waals surface area contributed by atoms with Gasteiger partial charge >= 0.3 is 0 Å². The minimum absolute atomic E-state index is 0.196. The third-order valence-corrected chi connectivity index (χ3v) is 1.38. The van der Waals surface area contributed by atoms with Crippen LogP contribution in [0.15, 0.2) is 11.6 Å². The lowest BCUT2D eigenvalue weighted by Gasteiger charge is -2.10. The molecule has 0 bridgehead atoms. The Morgan fingerprint density at radius 2 is 2.33 bits per heavy atom. The molecule has 54 valence electrons. The van der Waals surface area contributed by atoms with Gasteiger partial charge in [0, 0.05) is 11.6 Å². The lowest BCUT2D eigenvalue weighted by Crippen LogP contribution is -2.13. The molecule has 0 rings (SSSR count). The zero-order chi connectivity index (χ0) is 7.28. The van der Waals surface area contributed by atoms with Crippen LogP contribution < -0.4 is 0 Å². The van der Waals surface area contributed by atoms with Crippen molar-refractivity contribution in [1.82, 2.24) is 0 Å². The predicted octanol–water partition coefficient (Wildman–Crippen LogP) is 2.38. The third-order valence-electron chi connectivity index (χ3n) is 0.857. The molecule has 0 aliphatic heterocycles. The Bertz CT molecular complexity index is 93.1. The van der Waals surface area contributed by atoms with E-state index in [9.17, 15) is 0 Å². The van der Waals surface area contributed by atoms with E-state index >= 15 is 0 Å². The van der Waals surface area contributed by atoms with Gasteiger partial charge in [-0.2, -0.15) is 0 Å². The zero-order valence-corrected chi connectivity index (χ0v) is 6.87. The predicted molar refractivity (Wildman–Crippen MR) is 41.1 cm³/mol. The van der Waals surface area contributed by atoms with Gasteiger partial charge in [0.15, 0.2) is 0 Å². The van der Waals surface area contributed by atoms with Crippen molar-refractivity contribution >= 4 is 23.2 Å². The molecule has 0 amide bonds. The summed E-state index contributed by atoms with van der Waals surface area (Å²) in [6.45, 7) is 6.00. The zero-order valence-electron chi connectivity index (χ0n) is 5.36. The fraction of sp³-hybridized carbons (Fsp3) is 0.667. The van der Waals surface area contributed by atoms with Gasteiger partial charge in [-0.05, 0) is 6.92 Å². The number of hydrogen-bond acceptors (Lipinski definition) is 1. The van der Waals surface area contributed by atoms with Gasteiger partial charge in [0.25, 0.3) is 0 Å². The topological polar surface area (TPSA) is 9.23 Å². The van der Waals surface area contributed by atoms with Gasteiger partial charge in [0.05, 0.1) is 5.88 Å². The molecule has 0 aromatic rings. The largest absolute Gasteiger partial charge is 0.372 e. The van der Waals surface area contributed by atoms with Crippen LogP contribution in [0.25, 0.3) is 0 Å². The number of hydrogen-bond donors (Lipinski definition) is 0. The molecule has 0 heterocycles. The normalized spacial score (nSPS) is 13.2. The first-order valence-electron chi connectivity index (χ1n) is 2.74. The molecule has 3 heteroatoms. The summed E-state index contributed by atoms with van der Waals surface area (Å²) in [5.74, 6) is 0.371. The second kappa shape index (κ2) is 5.10. The fourth-order valence-electron chi connectivity index (χ4n) is 0.420. The summed E-state index contributed by atoms with van der Waals surface area (Å²) in [7, 11) is 0. The van der Waals surface area contributed by atoms with E-state index in [1.807, 2.05) is 6.92 Å². The molecule has 0 spiro atoms. The minimum Gasteiger partial charge on any atom is -0.372 e. The van der Waals surface area contributed by atoms with Crippen LogP contribution in [-0.4, -0.2) is 18.6 Å². The van der Waals surface area contributed by atoms with E-state index in [4.69, 9.17) is 27.9 Å². The first kappa shape index (κ1) is 9.28. The molecule has 1 nitrogen and oxygen atoms in total. The molecule has 0 aromatic carbocycles. The highest BCUT2D eigenvalue weighted by molar-refractivity contribution is 6.30. The first-order valence-corrected chi connectivity index (χ1v) is 3.65. The third kappa shape index (κ3) is 3.79. The Balaban J connectivity index is 3.54. The minimum atomic E-state index is -0.196. The first-order chi connectivity index (χ1) is 4.22. The summed E-state index contributed by atoms with van der Waals surface area (Å²) in [5, 5.41) is 0.465. The van der Waals surface area contributed by atoms with Crippen molar-refractivity contribution in [2.24, 2.45) is 0 Å². The maximum absolute atomic E-state index is 5.52. The molecule has 0 aromatic heterocycles. The van der Waals surface area contributed by atoms with Crippen molar-refractivity contribution in [2.45, 2.75) is 13.0 Å². The van der Waals surface area contributed by atoms with E-state index in [0.29, 0.717) is 17.5 Å². The van der Waals surface area contributed by atoms with Crippen LogP contribution in [0.2, 0.25) is 0 Å². The molecule has 0 N–H and O–H groups in total. The maximum atomic E-state index is 5.52. The van der Waals surface area contributed by atoms with Crippen molar-refractivity contribution in [3.63, 3.8) is 0 Å². The highest BCUT2D eigenvalue weighted by Gasteiger charge is 2.07. The Labute approximate surface area is 65.6 Å². The van der Waals surface area contributed by atoms with Crippen LogP contribution in [0.4, 0.5) is 0 Å². The van der Waals surface area contributed by atoms with E-state index in [0.717, 1.165) is 0 Å². The summed E-state index contributed by atoms with van der Waals surface area (Å²) < 4.78 is 5.09. The van der Waals surface area contributed by atoms with E-state index in [-0.39, 0.29) is 6.10 Å². The van der Waals surface area contributed by atoms with Crippen LogP contribution >= 0.6 is 23.2 Å². The molecular weight excluding hydrogens is 159 g/mol. The van der Waals surface area contributed by atoms with Crippen LogP contribution in [0, 0.1) is 0 Å². The van der Waals surface area contributed by atoms with Crippen molar-refractivity contribution in [3.8, 4) is 0 Å². The molecule has 0 aliphatic carbocycles. The summed E-state index contributed by atoms with van der Waals surface area (Å²) in [6.07, 6.45) is -0.196. The average molecular weight is 169 g/mol. The molecule has 9 heavy (non-hydrogen) atoms. The van der Waals surface area contributed by atoms with Gasteiger partial charge in [-0.3, -0.25) is 0 Å².